The van der Waals surface area contributed by atoms with Crippen LogP contribution >= 0.6 is 0 Å². The van der Waals surface area contributed by atoms with Crippen molar-refractivity contribution in [2.75, 3.05) is 13.6 Å². The van der Waals surface area contributed by atoms with E-state index in [-0.39, 0.29) is 17.9 Å². The van der Waals surface area contributed by atoms with E-state index in [0.29, 0.717) is 17.9 Å². The molecule has 0 saturated carbocycles. The third-order valence-corrected chi connectivity index (χ3v) is 4.88. The molecule has 8 heteroatoms. The van der Waals surface area contributed by atoms with Gasteiger partial charge in [0.15, 0.2) is 5.76 Å². The van der Waals surface area contributed by atoms with Crippen molar-refractivity contribution in [3.63, 3.8) is 0 Å². The quantitative estimate of drug-likeness (QED) is 0.710. The lowest BCUT2D eigenvalue weighted by molar-refractivity contribution is -0.144. The van der Waals surface area contributed by atoms with E-state index in [0.717, 1.165) is 11.1 Å². The number of hydrogen-bond acceptors (Lipinski definition) is 6. The van der Waals surface area contributed by atoms with E-state index in [1.54, 1.807) is 31.3 Å². The van der Waals surface area contributed by atoms with Gasteiger partial charge in [0, 0.05) is 37.2 Å². The summed E-state index contributed by atoms with van der Waals surface area (Å²) in [4.78, 5) is 29.3. The summed E-state index contributed by atoms with van der Waals surface area (Å²) in [6.07, 6.45) is 0.251. The number of aliphatic hydroxyl groups is 1. The molecule has 28 heavy (non-hydrogen) atoms. The van der Waals surface area contributed by atoms with E-state index < -0.39 is 17.4 Å². The summed E-state index contributed by atoms with van der Waals surface area (Å²) in [5.41, 5.74) is 6.36. The maximum atomic E-state index is 12.2. The molecular formula is C20H18N4O4. The van der Waals surface area contributed by atoms with Crippen LogP contribution in [-0.2, 0) is 10.4 Å². The molecule has 1 aliphatic rings. The predicted molar refractivity (Wildman–Crippen MR) is 99.8 cm³/mol. The third kappa shape index (κ3) is 2.93. The van der Waals surface area contributed by atoms with Crippen molar-refractivity contribution in [1.29, 1.82) is 0 Å². The molecular weight excluding hydrogens is 360 g/mol. The Bertz CT molecular complexity index is 1080. The van der Waals surface area contributed by atoms with Crippen molar-refractivity contribution >= 4 is 11.8 Å². The second-order valence-corrected chi connectivity index (χ2v) is 6.77. The number of hydrogen-bond donors (Lipinski definition) is 2. The number of primary amides is 1. The smallest absolute Gasteiger partial charge is 0.267 e. The van der Waals surface area contributed by atoms with Gasteiger partial charge in [-0.1, -0.05) is 29.4 Å². The minimum absolute atomic E-state index is 0.121. The Morgan fingerprint density at radius 2 is 1.89 bits per heavy atom. The Labute approximate surface area is 160 Å². The molecule has 0 spiro atoms. The van der Waals surface area contributed by atoms with E-state index >= 15 is 0 Å². The van der Waals surface area contributed by atoms with Gasteiger partial charge in [-0.15, -0.1) is 0 Å². The number of pyridine rings is 1. The van der Waals surface area contributed by atoms with Gasteiger partial charge < -0.3 is 20.3 Å². The fourth-order valence-electron chi connectivity index (χ4n) is 3.26. The van der Waals surface area contributed by atoms with Gasteiger partial charge in [-0.25, -0.2) is 4.98 Å². The van der Waals surface area contributed by atoms with Gasteiger partial charge in [0.1, 0.15) is 11.4 Å². The van der Waals surface area contributed by atoms with Crippen molar-refractivity contribution in [3.8, 4) is 22.5 Å². The Kier molecular flexibility index (Phi) is 4.20. The molecule has 3 N–H and O–H groups in total. The maximum absolute atomic E-state index is 12.2. The summed E-state index contributed by atoms with van der Waals surface area (Å²) in [6, 6.07) is 13.9. The summed E-state index contributed by atoms with van der Waals surface area (Å²) in [6.45, 7) is 0.447. The van der Waals surface area contributed by atoms with Crippen molar-refractivity contribution in [2.24, 2.45) is 5.73 Å². The normalized spacial score (nSPS) is 19.2. The summed E-state index contributed by atoms with van der Waals surface area (Å²) >= 11 is 0. The number of carbonyl (C=O) groups excluding carboxylic acids is 2. The molecule has 0 radical (unpaired) electrons. The summed E-state index contributed by atoms with van der Waals surface area (Å²) in [7, 11) is 1.63. The zero-order chi connectivity index (χ0) is 19.9. The lowest BCUT2D eigenvalue weighted by Gasteiger charge is -2.16. The first-order valence-electron chi connectivity index (χ1n) is 8.71. The van der Waals surface area contributed by atoms with E-state index in [1.165, 1.54) is 4.90 Å². The molecule has 0 bridgehead atoms. The van der Waals surface area contributed by atoms with Crippen molar-refractivity contribution in [2.45, 2.75) is 12.0 Å². The minimum Gasteiger partial charge on any atom is -0.373 e. The molecule has 142 valence electrons. The second-order valence-electron chi connectivity index (χ2n) is 6.77. The van der Waals surface area contributed by atoms with Crippen LogP contribution in [0.3, 0.4) is 0 Å². The molecule has 0 aliphatic carbocycles. The molecule has 2 aromatic heterocycles. The first-order valence-corrected chi connectivity index (χ1v) is 8.71. The van der Waals surface area contributed by atoms with E-state index in [4.69, 9.17) is 10.3 Å². The number of aromatic nitrogens is 2. The molecule has 1 fully saturated rings. The average Bonchev–Trinajstić information content (AvgIpc) is 3.31. The largest absolute Gasteiger partial charge is 0.373 e. The molecule has 3 heterocycles. The number of nitrogens with two attached hydrogens (primary N) is 1. The van der Waals surface area contributed by atoms with Crippen molar-refractivity contribution in [1.82, 2.24) is 15.0 Å². The van der Waals surface area contributed by atoms with Crippen LogP contribution < -0.4 is 5.73 Å². The predicted octanol–water partition coefficient (Wildman–Crippen LogP) is 1.55. The van der Waals surface area contributed by atoms with Gasteiger partial charge in [-0.3, -0.25) is 9.59 Å². The number of carbonyl (C=O) groups is 2. The molecule has 3 aromatic rings. The maximum Gasteiger partial charge on any atom is 0.267 e. The highest BCUT2D eigenvalue weighted by Gasteiger charge is 2.48. The standard InChI is InChI=1S/C20H18N4O4/c1-24-9-8-20(27,19(24)26)17-11-16(23-28-17)13-5-2-4-12(10-13)14-6-3-7-15(22-14)18(21)25/h2-7,10-11,27H,8-9H2,1H3,(H2,21,25)/t20-/m1/s1. The van der Waals surface area contributed by atoms with Crippen LogP contribution in [0.5, 0.6) is 0 Å². The van der Waals surface area contributed by atoms with Gasteiger partial charge in [0.05, 0.1) is 5.69 Å². The van der Waals surface area contributed by atoms with Crippen LogP contribution in [0.15, 0.2) is 53.1 Å². The van der Waals surface area contributed by atoms with E-state index in [1.807, 2.05) is 24.3 Å². The van der Waals surface area contributed by atoms with Crippen molar-refractivity contribution < 1.29 is 19.2 Å². The molecule has 1 saturated heterocycles. The number of likely N-dealkylation sites (N-methyl/N-ethyl adjacent to an activating group) is 1. The summed E-state index contributed by atoms with van der Waals surface area (Å²) < 4.78 is 5.30. The number of rotatable bonds is 4. The first kappa shape index (κ1) is 17.9. The number of likely N-dealkylation sites (tertiary alicyclic amines) is 1. The van der Waals surface area contributed by atoms with Gasteiger partial charge in [0.2, 0.25) is 5.60 Å². The highest BCUT2D eigenvalue weighted by molar-refractivity contribution is 5.91. The average molecular weight is 378 g/mol. The fraction of sp³-hybridized carbons (Fsp3) is 0.200. The molecule has 0 unspecified atom stereocenters. The Morgan fingerprint density at radius 1 is 1.18 bits per heavy atom. The molecule has 4 rings (SSSR count). The highest BCUT2D eigenvalue weighted by atomic mass is 16.5. The van der Waals surface area contributed by atoms with Gasteiger partial charge in [0.25, 0.3) is 11.8 Å². The lowest BCUT2D eigenvalue weighted by atomic mass is 9.97. The van der Waals surface area contributed by atoms with Crippen molar-refractivity contribution in [3.05, 3.63) is 60.0 Å². The molecule has 1 aromatic carbocycles. The number of amides is 2. The summed E-state index contributed by atoms with van der Waals surface area (Å²) in [5, 5.41) is 14.7. The lowest BCUT2D eigenvalue weighted by Crippen LogP contribution is -2.35. The Hall–Kier alpha value is -3.52. The van der Waals surface area contributed by atoms with Crippen LogP contribution in [0.25, 0.3) is 22.5 Å². The zero-order valence-electron chi connectivity index (χ0n) is 15.1. The molecule has 8 nitrogen and oxygen atoms in total. The van der Waals surface area contributed by atoms with Crippen LogP contribution in [0, 0.1) is 0 Å². The van der Waals surface area contributed by atoms with Crippen LogP contribution in [-0.4, -0.2) is 45.6 Å². The van der Waals surface area contributed by atoms with Gasteiger partial charge in [-0.05, 0) is 18.2 Å². The Morgan fingerprint density at radius 3 is 2.57 bits per heavy atom. The Balaban J connectivity index is 1.68. The zero-order valence-corrected chi connectivity index (χ0v) is 15.1. The third-order valence-electron chi connectivity index (χ3n) is 4.88. The minimum atomic E-state index is -1.69. The molecule has 1 atom stereocenters. The SMILES string of the molecule is CN1CC[C@@](O)(c2cc(-c3cccc(-c4cccc(C(N)=O)n4)c3)no2)C1=O. The topological polar surface area (TPSA) is 123 Å². The second kappa shape index (κ2) is 6.58. The van der Waals surface area contributed by atoms with E-state index in [2.05, 4.69) is 10.1 Å². The molecule has 1 aliphatic heterocycles. The first-order chi connectivity index (χ1) is 13.4. The van der Waals surface area contributed by atoms with Crippen LogP contribution in [0.1, 0.15) is 22.7 Å². The number of benzene rings is 1. The monoisotopic (exact) mass is 378 g/mol. The number of nitrogens with zero attached hydrogens (tertiary/aromatic N) is 3. The molecule has 2 amide bonds. The van der Waals surface area contributed by atoms with E-state index in [9.17, 15) is 14.7 Å². The van der Waals surface area contributed by atoms with Gasteiger partial charge >= 0.3 is 0 Å². The van der Waals surface area contributed by atoms with Crippen LogP contribution in [0.4, 0.5) is 0 Å². The summed E-state index contributed by atoms with van der Waals surface area (Å²) in [5.74, 6) is -0.883. The fourth-order valence-corrected chi connectivity index (χ4v) is 3.26. The van der Waals surface area contributed by atoms with Crippen LogP contribution in [0.2, 0.25) is 0 Å². The highest BCUT2D eigenvalue weighted by Crippen LogP contribution is 2.35. The van der Waals surface area contributed by atoms with Gasteiger partial charge in [-0.2, -0.15) is 0 Å².